The summed E-state index contributed by atoms with van der Waals surface area (Å²) in [5.74, 6) is 0.331. The molecule has 14 heavy (non-hydrogen) atoms. The fourth-order valence-corrected chi connectivity index (χ4v) is 0.967. The predicted molar refractivity (Wildman–Crippen MR) is 48.1 cm³/mol. The summed E-state index contributed by atoms with van der Waals surface area (Å²) in [6, 6.07) is 3.15. The third-order valence-corrected chi connectivity index (χ3v) is 1.82. The minimum absolute atomic E-state index is 0.331. The zero-order valence-electron chi connectivity index (χ0n) is 7.01. The van der Waals surface area contributed by atoms with Gasteiger partial charge in [0.15, 0.2) is 0 Å². The summed E-state index contributed by atoms with van der Waals surface area (Å²) >= 11 is 3.10. The van der Waals surface area contributed by atoms with E-state index in [0.717, 1.165) is 0 Å². The number of aromatic nitrogens is 1. The maximum Gasteiger partial charge on any atom is 0.392 e. The molecule has 1 aromatic rings. The smallest absolute Gasteiger partial charge is 0.392 e. The Balaban J connectivity index is 2.35. The quantitative estimate of drug-likeness (QED) is 0.787. The van der Waals surface area contributed by atoms with Crippen molar-refractivity contribution in [3.63, 3.8) is 0 Å². The monoisotopic (exact) mass is 269 g/mol. The average Bonchev–Trinajstić information content (AvgIpc) is 2.06. The minimum Gasteiger partial charge on any atom is -0.492 e. The van der Waals surface area contributed by atoms with Gasteiger partial charge >= 0.3 is 6.18 Å². The Labute approximate surface area is 87.2 Å². The van der Waals surface area contributed by atoms with E-state index < -0.39 is 12.6 Å². The van der Waals surface area contributed by atoms with Crippen LogP contribution < -0.4 is 4.74 Å². The number of pyridine rings is 1. The van der Waals surface area contributed by atoms with E-state index in [9.17, 15) is 13.2 Å². The lowest BCUT2D eigenvalue weighted by molar-refractivity contribution is -0.139. The van der Waals surface area contributed by atoms with Crippen LogP contribution in [0.3, 0.4) is 0 Å². The second kappa shape index (κ2) is 4.63. The van der Waals surface area contributed by atoms with Crippen LogP contribution in [0.4, 0.5) is 13.2 Å². The zero-order chi connectivity index (χ0) is 10.6. The first-order chi connectivity index (χ1) is 6.47. The molecule has 1 heterocycles. The molecule has 0 unspecified atom stereocenters. The fraction of sp³-hybridized carbons (Fsp3) is 0.375. The van der Waals surface area contributed by atoms with Crippen LogP contribution in [0.5, 0.6) is 5.75 Å². The van der Waals surface area contributed by atoms with Crippen LogP contribution in [-0.2, 0) is 0 Å². The second-order valence-corrected chi connectivity index (χ2v) is 3.34. The third-order valence-electron chi connectivity index (χ3n) is 1.35. The number of nitrogens with zero attached hydrogens (tertiary/aromatic N) is 1. The van der Waals surface area contributed by atoms with Crippen LogP contribution in [0.15, 0.2) is 22.9 Å². The summed E-state index contributed by atoms with van der Waals surface area (Å²) in [6.07, 6.45) is -3.77. The van der Waals surface area contributed by atoms with Crippen molar-refractivity contribution in [2.24, 2.45) is 0 Å². The fourth-order valence-electron chi connectivity index (χ4n) is 0.732. The predicted octanol–water partition coefficient (Wildman–Crippen LogP) is 3.18. The molecule has 0 N–H and O–H groups in total. The van der Waals surface area contributed by atoms with Gasteiger partial charge in [-0.1, -0.05) is 0 Å². The summed E-state index contributed by atoms with van der Waals surface area (Å²) in [5.41, 5.74) is 0. The van der Waals surface area contributed by atoms with E-state index in [1.54, 1.807) is 12.1 Å². The molecule has 0 aliphatic heterocycles. The van der Waals surface area contributed by atoms with E-state index >= 15 is 0 Å². The zero-order valence-corrected chi connectivity index (χ0v) is 8.60. The molecule has 0 aliphatic carbocycles. The highest BCUT2D eigenvalue weighted by molar-refractivity contribution is 9.10. The molecule has 0 radical (unpaired) electrons. The Morgan fingerprint density at radius 2 is 2.07 bits per heavy atom. The van der Waals surface area contributed by atoms with Gasteiger partial charge in [0.25, 0.3) is 0 Å². The van der Waals surface area contributed by atoms with E-state index in [2.05, 4.69) is 20.9 Å². The van der Waals surface area contributed by atoms with E-state index in [1.165, 1.54) is 6.20 Å². The Morgan fingerprint density at radius 3 is 2.57 bits per heavy atom. The van der Waals surface area contributed by atoms with Gasteiger partial charge < -0.3 is 4.74 Å². The molecule has 1 aromatic heterocycles. The number of alkyl halides is 3. The molecule has 78 valence electrons. The summed E-state index contributed by atoms with van der Waals surface area (Å²) in [4.78, 5) is 3.80. The largest absolute Gasteiger partial charge is 0.492 e. The van der Waals surface area contributed by atoms with Crippen molar-refractivity contribution in [2.75, 3.05) is 6.61 Å². The first kappa shape index (κ1) is 11.3. The highest BCUT2D eigenvalue weighted by Gasteiger charge is 2.26. The van der Waals surface area contributed by atoms with Crippen LogP contribution in [0, 0.1) is 0 Å². The molecule has 1 rings (SSSR count). The van der Waals surface area contributed by atoms with Gasteiger partial charge in [-0.3, -0.25) is 0 Å². The standard InChI is InChI=1S/C8H7BrF3NO/c9-7-2-1-6(5-13-7)14-4-3-8(10,11)12/h1-2,5H,3-4H2. The van der Waals surface area contributed by atoms with E-state index in [-0.39, 0.29) is 6.61 Å². The molecular weight excluding hydrogens is 263 g/mol. The lowest BCUT2D eigenvalue weighted by Crippen LogP contribution is -2.13. The molecule has 0 saturated heterocycles. The SMILES string of the molecule is FC(F)(F)CCOc1ccc(Br)nc1. The summed E-state index contributed by atoms with van der Waals surface area (Å²) in [5, 5.41) is 0. The first-order valence-corrected chi connectivity index (χ1v) is 4.58. The number of rotatable bonds is 3. The number of ether oxygens (including phenoxy) is 1. The lowest BCUT2D eigenvalue weighted by Gasteiger charge is -2.07. The molecule has 6 heteroatoms. The van der Waals surface area contributed by atoms with Crippen molar-refractivity contribution in [2.45, 2.75) is 12.6 Å². The maximum atomic E-state index is 11.7. The van der Waals surface area contributed by atoms with Gasteiger partial charge in [-0.2, -0.15) is 13.2 Å². The molecule has 0 aliphatic rings. The second-order valence-electron chi connectivity index (χ2n) is 2.53. The van der Waals surface area contributed by atoms with E-state index in [0.29, 0.717) is 10.4 Å². The topological polar surface area (TPSA) is 22.1 Å². The van der Waals surface area contributed by atoms with Crippen molar-refractivity contribution in [1.29, 1.82) is 0 Å². The number of hydrogen-bond donors (Lipinski definition) is 0. The Kier molecular flexibility index (Phi) is 3.74. The van der Waals surface area contributed by atoms with Gasteiger partial charge in [-0.15, -0.1) is 0 Å². The highest BCUT2D eigenvalue weighted by atomic mass is 79.9. The van der Waals surface area contributed by atoms with Crippen molar-refractivity contribution in [3.8, 4) is 5.75 Å². The molecule has 0 amide bonds. The van der Waals surface area contributed by atoms with Gasteiger partial charge in [0.1, 0.15) is 10.4 Å². The summed E-state index contributed by atoms with van der Waals surface area (Å²) in [7, 11) is 0. The Hall–Kier alpha value is -0.780. The number of hydrogen-bond acceptors (Lipinski definition) is 2. The van der Waals surface area contributed by atoms with Gasteiger partial charge in [0.05, 0.1) is 19.2 Å². The van der Waals surface area contributed by atoms with Crippen molar-refractivity contribution in [3.05, 3.63) is 22.9 Å². The van der Waals surface area contributed by atoms with Crippen LogP contribution in [0.1, 0.15) is 6.42 Å². The van der Waals surface area contributed by atoms with Crippen LogP contribution >= 0.6 is 15.9 Å². The van der Waals surface area contributed by atoms with Gasteiger partial charge in [0, 0.05) is 0 Å². The number of halogens is 4. The molecule has 2 nitrogen and oxygen atoms in total. The molecule has 0 aromatic carbocycles. The maximum absolute atomic E-state index is 11.7. The van der Waals surface area contributed by atoms with E-state index in [4.69, 9.17) is 4.74 Å². The summed E-state index contributed by atoms with van der Waals surface area (Å²) < 4.78 is 40.6. The van der Waals surface area contributed by atoms with Crippen molar-refractivity contribution in [1.82, 2.24) is 4.98 Å². The van der Waals surface area contributed by atoms with Gasteiger partial charge in [-0.05, 0) is 28.1 Å². The molecule has 0 fully saturated rings. The van der Waals surface area contributed by atoms with Gasteiger partial charge in [-0.25, -0.2) is 4.98 Å². The molecular formula is C8H7BrF3NO. The van der Waals surface area contributed by atoms with Gasteiger partial charge in [0.2, 0.25) is 0 Å². The Morgan fingerprint density at radius 1 is 1.36 bits per heavy atom. The van der Waals surface area contributed by atoms with Crippen LogP contribution in [0.2, 0.25) is 0 Å². The third kappa shape index (κ3) is 4.45. The minimum atomic E-state index is -4.18. The molecule has 0 bridgehead atoms. The van der Waals surface area contributed by atoms with Crippen molar-refractivity contribution >= 4 is 15.9 Å². The molecule has 0 saturated carbocycles. The lowest BCUT2D eigenvalue weighted by atomic mass is 10.4. The molecule has 0 spiro atoms. The average molecular weight is 270 g/mol. The summed E-state index contributed by atoms with van der Waals surface area (Å²) in [6.45, 7) is -0.382. The normalized spacial score (nSPS) is 11.4. The van der Waals surface area contributed by atoms with E-state index in [1.807, 2.05) is 0 Å². The van der Waals surface area contributed by atoms with Crippen LogP contribution in [0.25, 0.3) is 0 Å². The Bertz CT molecular complexity index is 286. The highest BCUT2D eigenvalue weighted by Crippen LogP contribution is 2.20. The van der Waals surface area contributed by atoms with Crippen LogP contribution in [-0.4, -0.2) is 17.8 Å². The molecule has 0 atom stereocenters. The van der Waals surface area contributed by atoms with Crippen molar-refractivity contribution < 1.29 is 17.9 Å². The first-order valence-electron chi connectivity index (χ1n) is 3.78.